The summed E-state index contributed by atoms with van der Waals surface area (Å²) in [6.07, 6.45) is 0. The van der Waals surface area contributed by atoms with Crippen LogP contribution in [0.15, 0.2) is 36.4 Å². The SMILES string of the molecule is COC(=O)c1ccc(CNC(=O)COc2c(Cl)cc(Cl)cc2Cl)cc1. The van der Waals surface area contributed by atoms with Gasteiger partial charge in [0.1, 0.15) is 0 Å². The summed E-state index contributed by atoms with van der Waals surface area (Å²) < 4.78 is 9.96. The van der Waals surface area contributed by atoms with Crippen LogP contribution < -0.4 is 10.1 Å². The molecule has 0 atom stereocenters. The van der Waals surface area contributed by atoms with Crippen molar-refractivity contribution >= 4 is 46.7 Å². The third kappa shape index (κ3) is 5.53. The molecule has 5 nitrogen and oxygen atoms in total. The second-order valence-electron chi connectivity index (χ2n) is 4.95. The summed E-state index contributed by atoms with van der Waals surface area (Å²) in [5, 5.41) is 3.52. The predicted octanol–water partition coefficient (Wildman–Crippen LogP) is 4.13. The summed E-state index contributed by atoms with van der Waals surface area (Å²) in [4.78, 5) is 23.2. The molecular weight excluding hydrogens is 389 g/mol. The molecule has 0 fully saturated rings. The van der Waals surface area contributed by atoms with E-state index in [0.717, 1.165) is 5.56 Å². The van der Waals surface area contributed by atoms with E-state index in [1.54, 1.807) is 24.3 Å². The Morgan fingerprint density at radius 1 is 1.04 bits per heavy atom. The number of hydrogen-bond acceptors (Lipinski definition) is 4. The summed E-state index contributed by atoms with van der Waals surface area (Å²) >= 11 is 17.8. The van der Waals surface area contributed by atoms with Crippen LogP contribution in [0.4, 0.5) is 0 Å². The summed E-state index contributed by atoms with van der Waals surface area (Å²) in [5.74, 6) is -0.565. The second-order valence-corrected chi connectivity index (χ2v) is 6.20. The number of esters is 1. The largest absolute Gasteiger partial charge is 0.481 e. The molecule has 2 aromatic carbocycles. The lowest BCUT2D eigenvalue weighted by Gasteiger charge is -2.11. The molecule has 0 aromatic heterocycles. The fraction of sp³-hybridized carbons (Fsp3) is 0.176. The first-order valence-corrected chi connectivity index (χ1v) is 8.25. The molecule has 0 saturated carbocycles. The molecule has 0 aliphatic carbocycles. The molecule has 0 aliphatic heterocycles. The number of ether oxygens (including phenoxy) is 2. The maximum atomic E-state index is 11.9. The molecule has 25 heavy (non-hydrogen) atoms. The fourth-order valence-electron chi connectivity index (χ4n) is 1.93. The Labute approximate surface area is 159 Å². The van der Waals surface area contributed by atoms with Gasteiger partial charge in [0.05, 0.1) is 22.7 Å². The Morgan fingerprint density at radius 2 is 1.64 bits per heavy atom. The first-order valence-electron chi connectivity index (χ1n) is 7.12. The number of halogens is 3. The smallest absolute Gasteiger partial charge is 0.337 e. The summed E-state index contributed by atoms with van der Waals surface area (Å²) in [5.41, 5.74) is 1.26. The average Bonchev–Trinajstić information content (AvgIpc) is 2.58. The van der Waals surface area contributed by atoms with Gasteiger partial charge in [0, 0.05) is 11.6 Å². The van der Waals surface area contributed by atoms with Gasteiger partial charge in [0.15, 0.2) is 12.4 Å². The van der Waals surface area contributed by atoms with Crippen molar-refractivity contribution in [2.45, 2.75) is 6.54 Å². The summed E-state index contributed by atoms with van der Waals surface area (Å²) in [7, 11) is 1.32. The second kappa shape index (κ2) is 8.94. The van der Waals surface area contributed by atoms with Gasteiger partial charge in [-0.1, -0.05) is 46.9 Å². The Balaban J connectivity index is 1.86. The zero-order valence-corrected chi connectivity index (χ0v) is 15.4. The van der Waals surface area contributed by atoms with Crippen LogP contribution in [0.5, 0.6) is 5.75 Å². The average molecular weight is 403 g/mol. The van der Waals surface area contributed by atoms with Gasteiger partial charge in [-0.05, 0) is 29.8 Å². The van der Waals surface area contributed by atoms with E-state index in [0.29, 0.717) is 10.6 Å². The van der Waals surface area contributed by atoms with E-state index in [1.807, 2.05) is 0 Å². The molecule has 0 heterocycles. The van der Waals surface area contributed by atoms with Gasteiger partial charge < -0.3 is 14.8 Å². The number of benzene rings is 2. The molecular formula is C17H14Cl3NO4. The van der Waals surface area contributed by atoms with Crippen LogP contribution in [0.3, 0.4) is 0 Å². The molecule has 0 aliphatic rings. The molecule has 8 heteroatoms. The number of carbonyl (C=O) groups is 2. The van der Waals surface area contributed by atoms with Crippen molar-refractivity contribution in [1.29, 1.82) is 0 Å². The molecule has 0 bridgehead atoms. The lowest BCUT2D eigenvalue weighted by molar-refractivity contribution is -0.123. The highest BCUT2D eigenvalue weighted by Gasteiger charge is 2.11. The van der Waals surface area contributed by atoms with Gasteiger partial charge in [0.25, 0.3) is 5.91 Å². The number of hydrogen-bond donors (Lipinski definition) is 1. The Kier molecular flexibility index (Phi) is 6.93. The van der Waals surface area contributed by atoms with E-state index in [2.05, 4.69) is 10.1 Å². The van der Waals surface area contributed by atoms with Crippen molar-refractivity contribution in [1.82, 2.24) is 5.32 Å². The van der Waals surface area contributed by atoms with Crippen LogP contribution in [-0.4, -0.2) is 25.6 Å². The third-order valence-electron chi connectivity index (χ3n) is 3.18. The predicted molar refractivity (Wildman–Crippen MR) is 96.6 cm³/mol. The summed E-state index contributed by atoms with van der Waals surface area (Å²) in [6.45, 7) is 0.0348. The van der Waals surface area contributed by atoms with E-state index in [4.69, 9.17) is 39.5 Å². The van der Waals surface area contributed by atoms with Gasteiger partial charge in [-0.15, -0.1) is 0 Å². The minimum Gasteiger partial charge on any atom is -0.481 e. The molecule has 0 unspecified atom stereocenters. The number of nitrogens with one attached hydrogen (secondary N) is 1. The van der Waals surface area contributed by atoms with E-state index < -0.39 is 5.97 Å². The minimum absolute atomic E-state index is 0.199. The number of amides is 1. The van der Waals surface area contributed by atoms with Crippen LogP contribution >= 0.6 is 34.8 Å². The maximum absolute atomic E-state index is 11.9. The van der Waals surface area contributed by atoms with Gasteiger partial charge >= 0.3 is 5.97 Å². The topological polar surface area (TPSA) is 64.6 Å². The van der Waals surface area contributed by atoms with Gasteiger partial charge in [-0.2, -0.15) is 0 Å². The van der Waals surface area contributed by atoms with Crippen molar-refractivity contribution in [2.75, 3.05) is 13.7 Å². The molecule has 2 rings (SSSR count). The molecule has 0 saturated heterocycles. The molecule has 1 N–H and O–H groups in total. The number of rotatable bonds is 6. The van der Waals surface area contributed by atoms with E-state index in [9.17, 15) is 9.59 Å². The van der Waals surface area contributed by atoms with Crippen LogP contribution in [0.1, 0.15) is 15.9 Å². The van der Waals surface area contributed by atoms with Crippen LogP contribution in [0.25, 0.3) is 0 Å². The van der Waals surface area contributed by atoms with E-state index >= 15 is 0 Å². The van der Waals surface area contributed by atoms with Crippen molar-refractivity contribution in [3.05, 3.63) is 62.6 Å². The van der Waals surface area contributed by atoms with Gasteiger partial charge in [0.2, 0.25) is 0 Å². The first kappa shape index (κ1) is 19.4. The highest BCUT2D eigenvalue weighted by Crippen LogP contribution is 2.35. The van der Waals surface area contributed by atoms with Crippen LogP contribution in [-0.2, 0) is 16.1 Å². The van der Waals surface area contributed by atoms with E-state index in [1.165, 1.54) is 19.2 Å². The Bertz CT molecular complexity index is 755. The molecule has 132 valence electrons. The Morgan fingerprint density at radius 3 is 2.20 bits per heavy atom. The first-order chi connectivity index (χ1) is 11.9. The zero-order chi connectivity index (χ0) is 18.4. The zero-order valence-electron chi connectivity index (χ0n) is 13.1. The van der Waals surface area contributed by atoms with Crippen molar-refractivity contribution < 1.29 is 19.1 Å². The maximum Gasteiger partial charge on any atom is 0.337 e. The monoisotopic (exact) mass is 401 g/mol. The Hall–Kier alpha value is -1.95. The van der Waals surface area contributed by atoms with Crippen LogP contribution in [0, 0.1) is 0 Å². The molecule has 0 radical (unpaired) electrons. The van der Waals surface area contributed by atoms with Crippen molar-refractivity contribution in [2.24, 2.45) is 0 Å². The lowest BCUT2D eigenvalue weighted by atomic mass is 10.1. The lowest BCUT2D eigenvalue weighted by Crippen LogP contribution is -2.28. The number of carbonyl (C=O) groups excluding carboxylic acids is 2. The van der Waals surface area contributed by atoms with Crippen molar-refractivity contribution in [3.63, 3.8) is 0 Å². The van der Waals surface area contributed by atoms with Gasteiger partial charge in [-0.25, -0.2) is 4.79 Å². The standard InChI is InChI=1S/C17H14Cl3NO4/c1-24-17(23)11-4-2-10(3-5-11)8-21-15(22)9-25-16-13(19)6-12(18)7-14(16)20/h2-7H,8-9H2,1H3,(H,21,22). The molecule has 0 spiro atoms. The quantitative estimate of drug-likeness (QED) is 0.738. The van der Waals surface area contributed by atoms with E-state index in [-0.39, 0.29) is 34.9 Å². The highest BCUT2D eigenvalue weighted by molar-refractivity contribution is 6.40. The van der Waals surface area contributed by atoms with Crippen molar-refractivity contribution in [3.8, 4) is 5.75 Å². The fourth-order valence-corrected chi connectivity index (χ4v) is 2.86. The highest BCUT2D eigenvalue weighted by atomic mass is 35.5. The van der Waals surface area contributed by atoms with Crippen LogP contribution in [0.2, 0.25) is 15.1 Å². The minimum atomic E-state index is -0.416. The van der Waals surface area contributed by atoms with Gasteiger partial charge in [-0.3, -0.25) is 4.79 Å². The molecule has 2 aromatic rings. The normalized spacial score (nSPS) is 10.2. The summed E-state index contributed by atoms with van der Waals surface area (Å²) in [6, 6.07) is 9.64. The number of methoxy groups -OCH3 is 1. The molecule has 1 amide bonds. The third-order valence-corrected chi connectivity index (χ3v) is 3.96.